The van der Waals surface area contributed by atoms with Crippen LogP contribution < -0.4 is 11.1 Å². The normalized spacial score (nSPS) is 12.4. The standard InChI is InChI=1S/C18H38N2O3/c19-14-10-9-13-17(18(22)23)20-15-11-7-5-3-1-2-4-6-8-12-16-21/h17,20-21H,1-16,19H2,(H,22,23)/t17-/m0/s1. The molecule has 0 saturated carbocycles. The number of rotatable bonds is 18. The van der Waals surface area contributed by atoms with E-state index in [1.54, 1.807) is 0 Å². The van der Waals surface area contributed by atoms with Gasteiger partial charge in [-0.2, -0.15) is 0 Å². The van der Waals surface area contributed by atoms with Crippen LogP contribution in [0.1, 0.15) is 83.5 Å². The van der Waals surface area contributed by atoms with Gasteiger partial charge >= 0.3 is 5.97 Å². The fraction of sp³-hybridized carbons (Fsp3) is 0.944. The Balaban J connectivity index is 3.34. The lowest BCUT2D eigenvalue weighted by Gasteiger charge is -2.14. The molecule has 0 spiro atoms. The van der Waals surface area contributed by atoms with E-state index >= 15 is 0 Å². The van der Waals surface area contributed by atoms with Crippen LogP contribution in [0.4, 0.5) is 0 Å². The fourth-order valence-electron chi connectivity index (χ4n) is 2.73. The summed E-state index contributed by atoms with van der Waals surface area (Å²) in [6, 6.07) is -0.416. The van der Waals surface area contributed by atoms with Gasteiger partial charge in [-0.25, -0.2) is 0 Å². The second kappa shape index (κ2) is 17.7. The minimum Gasteiger partial charge on any atom is -0.480 e. The van der Waals surface area contributed by atoms with Gasteiger partial charge in [-0.05, 0) is 38.8 Å². The number of carboxylic acid groups (broad SMARTS) is 1. The molecule has 0 aromatic heterocycles. The molecular formula is C18H38N2O3. The van der Waals surface area contributed by atoms with Gasteiger partial charge < -0.3 is 21.3 Å². The van der Waals surface area contributed by atoms with E-state index in [2.05, 4.69) is 5.32 Å². The Bertz CT molecular complexity index is 263. The van der Waals surface area contributed by atoms with Crippen molar-refractivity contribution in [3.63, 3.8) is 0 Å². The maximum Gasteiger partial charge on any atom is 0.320 e. The Kier molecular flexibility index (Phi) is 17.2. The number of aliphatic hydroxyl groups is 1. The molecular weight excluding hydrogens is 292 g/mol. The molecule has 0 rings (SSSR count). The van der Waals surface area contributed by atoms with Crippen LogP contribution >= 0.6 is 0 Å². The van der Waals surface area contributed by atoms with E-state index < -0.39 is 12.0 Å². The highest BCUT2D eigenvalue weighted by molar-refractivity contribution is 5.73. The Morgan fingerprint density at radius 2 is 1.35 bits per heavy atom. The van der Waals surface area contributed by atoms with Crippen molar-refractivity contribution in [2.75, 3.05) is 19.7 Å². The van der Waals surface area contributed by atoms with Crippen LogP contribution in [-0.4, -0.2) is 41.9 Å². The van der Waals surface area contributed by atoms with Crippen molar-refractivity contribution >= 4 is 5.97 Å². The molecule has 5 heteroatoms. The average molecular weight is 331 g/mol. The topological polar surface area (TPSA) is 95.6 Å². The summed E-state index contributed by atoms with van der Waals surface area (Å²) in [6.07, 6.45) is 14.4. The molecule has 0 aromatic carbocycles. The molecule has 5 N–H and O–H groups in total. The number of hydrogen-bond acceptors (Lipinski definition) is 4. The lowest BCUT2D eigenvalue weighted by Crippen LogP contribution is -2.37. The number of carbonyl (C=O) groups is 1. The highest BCUT2D eigenvalue weighted by atomic mass is 16.4. The first-order valence-electron chi connectivity index (χ1n) is 9.49. The summed E-state index contributed by atoms with van der Waals surface area (Å²) in [5, 5.41) is 21.0. The SMILES string of the molecule is NCCCC[C@H](NCCCCCCCCCCCCO)C(=O)O. The van der Waals surface area contributed by atoms with E-state index in [1.807, 2.05) is 0 Å². The number of aliphatic hydroxyl groups excluding tert-OH is 1. The zero-order chi connectivity index (χ0) is 17.2. The van der Waals surface area contributed by atoms with Crippen molar-refractivity contribution in [3.05, 3.63) is 0 Å². The van der Waals surface area contributed by atoms with Gasteiger partial charge in [-0.15, -0.1) is 0 Å². The van der Waals surface area contributed by atoms with Crippen LogP contribution in [0.3, 0.4) is 0 Å². The largest absolute Gasteiger partial charge is 0.480 e. The highest BCUT2D eigenvalue weighted by Crippen LogP contribution is 2.10. The van der Waals surface area contributed by atoms with Gasteiger partial charge in [0.2, 0.25) is 0 Å². The third-order valence-electron chi connectivity index (χ3n) is 4.22. The number of hydrogen-bond donors (Lipinski definition) is 4. The molecule has 0 bridgehead atoms. The van der Waals surface area contributed by atoms with Gasteiger partial charge in [0.1, 0.15) is 6.04 Å². The summed E-state index contributed by atoms with van der Waals surface area (Å²) < 4.78 is 0. The Hall–Kier alpha value is -0.650. The van der Waals surface area contributed by atoms with Gasteiger partial charge in [0.25, 0.3) is 0 Å². The van der Waals surface area contributed by atoms with E-state index in [1.165, 1.54) is 44.9 Å². The van der Waals surface area contributed by atoms with E-state index in [9.17, 15) is 4.79 Å². The molecule has 0 aromatic rings. The number of carboxylic acids is 1. The van der Waals surface area contributed by atoms with Crippen LogP contribution in [-0.2, 0) is 4.79 Å². The summed E-state index contributed by atoms with van der Waals surface area (Å²) in [6.45, 7) is 1.75. The van der Waals surface area contributed by atoms with E-state index in [-0.39, 0.29) is 0 Å². The van der Waals surface area contributed by atoms with Gasteiger partial charge in [0.05, 0.1) is 0 Å². The van der Waals surface area contributed by atoms with Crippen LogP contribution in [0, 0.1) is 0 Å². The first-order valence-corrected chi connectivity index (χ1v) is 9.49. The first-order chi connectivity index (χ1) is 11.2. The predicted octanol–water partition coefficient (Wildman–Crippen LogP) is 3.05. The molecule has 0 radical (unpaired) electrons. The Morgan fingerprint density at radius 3 is 1.83 bits per heavy atom. The number of nitrogens with two attached hydrogens (primary N) is 1. The highest BCUT2D eigenvalue weighted by Gasteiger charge is 2.15. The number of aliphatic carboxylic acids is 1. The van der Waals surface area contributed by atoms with Gasteiger partial charge in [-0.1, -0.05) is 57.8 Å². The zero-order valence-corrected chi connectivity index (χ0v) is 14.8. The van der Waals surface area contributed by atoms with Crippen molar-refractivity contribution in [2.24, 2.45) is 5.73 Å². The van der Waals surface area contributed by atoms with Crippen molar-refractivity contribution < 1.29 is 15.0 Å². The molecule has 23 heavy (non-hydrogen) atoms. The zero-order valence-electron chi connectivity index (χ0n) is 14.8. The molecule has 0 aliphatic carbocycles. The summed E-state index contributed by atoms with van der Waals surface area (Å²) in [7, 11) is 0. The maximum atomic E-state index is 11.1. The number of nitrogens with one attached hydrogen (secondary N) is 1. The van der Waals surface area contributed by atoms with Crippen LogP contribution in [0.5, 0.6) is 0 Å². The molecule has 0 amide bonds. The molecule has 0 aliphatic heterocycles. The Labute approximate surface area is 142 Å². The molecule has 0 heterocycles. The predicted molar refractivity (Wildman–Crippen MR) is 95.6 cm³/mol. The lowest BCUT2D eigenvalue weighted by atomic mass is 10.1. The first kappa shape index (κ1) is 22.4. The smallest absolute Gasteiger partial charge is 0.320 e. The summed E-state index contributed by atoms with van der Waals surface area (Å²) in [5.41, 5.74) is 5.43. The molecule has 5 nitrogen and oxygen atoms in total. The third kappa shape index (κ3) is 16.0. The van der Waals surface area contributed by atoms with Crippen molar-refractivity contribution in [2.45, 2.75) is 89.5 Å². The molecule has 0 saturated heterocycles. The Morgan fingerprint density at radius 1 is 0.826 bits per heavy atom. The molecule has 0 fully saturated rings. The van der Waals surface area contributed by atoms with Crippen LogP contribution in [0.2, 0.25) is 0 Å². The van der Waals surface area contributed by atoms with Crippen LogP contribution in [0.15, 0.2) is 0 Å². The fourth-order valence-corrected chi connectivity index (χ4v) is 2.73. The second-order valence-electron chi connectivity index (χ2n) is 6.39. The summed E-state index contributed by atoms with van der Waals surface area (Å²) in [5.74, 6) is -0.747. The summed E-state index contributed by atoms with van der Waals surface area (Å²) in [4.78, 5) is 11.1. The van der Waals surface area contributed by atoms with Gasteiger partial charge in [0.15, 0.2) is 0 Å². The molecule has 0 unspecified atom stereocenters. The van der Waals surface area contributed by atoms with Crippen molar-refractivity contribution in [1.82, 2.24) is 5.32 Å². The summed E-state index contributed by atoms with van der Waals surface area (Å²) >= 11 is 0. The third-order valence-corrected chi connectivity index (χ3v) is 4.22. The lowest BCUT2D eigenvalue weighted by molar-refractivity contribution is -0.139. The maximum absolute atomic E-state index is 11.1. The van der Waals surface area contributed by atoms with E-state index in [0.29, 0.717) is 19.6 Å². The van der Waals surface area contributed by atoms with Crippen LogP contribution in [0.25, 0.3) is 0 Å². The van der Waals surface area contributed by atoms with E-state index in [4.69, 9.17) is 15.9 Å². The van der Waals surface area contributed by atoms with Crippen molar-refractivity contribution in [1.29, 1.82) is 0 Å². The monoisotopic (exact) mass is 330 g/mol. The molecule has 1 atom stereocenters. The van der Waals surface area contributed by atoms with Crippen molar-refractivity contribution in [3.8, 4) is 0 Å². The van der Waals surface area contributed by atoms with Gasteiger partial charge in [-0.3, -0.25) is 4.79 Å². The number of unbranched alkanes of at least 4 members (excludes halogenated alkanes) is 10. The molecule has 138 valence electrons. The van der Waals surface area contributed by atoms with Gasteiger partial charge in [0, 0.05) is 6.61 Å². The minimum atomic E-state index is -0.747. The quantitative estimate of drug-likeness (QED) is 0.290. The second-order valence-corrected chi connectivity index (χ2v) is 6.39. The van der Waals surface area contributed by atoms with E-state index in [0.717, 1.165) is 38.6 Å². The minimum absolute atomic E-state index is 0.323. The average Bonchev–Trinajstić information content (AvgIpc) is 2.54. The molecule has 0 aliphatic rings.